The molecule has 0 saturated carbocycles. The highest BCUT2D eigenvalue weighted by molar-refractivity contribution is 7.80. The number of benzene rings is 2. The molecule has 0 bridgehead atoms. The van der Waals surface area contributed by atoms with Crippen LogP contribution >= 0.6 is 12.2 Å². The molecule has 0 aliphatic heterocycles. The summed E-state index contributed by atoms with van der Waals surface area (Å²) in [5, 5.41) is 25.4. The molecule has 12 nitrogen and oxygen atoms in total. The van der Waals surface area contributed by atoms with E-state index in [1.165, 1.54) is 6.92 Å². The standard InChI is InChI=1S/C23H27N5O3S.HNO3/c1-15(29)31-14-12-26-22(30)18-9-6-8-17-20(25-11-13-28(3)23(32)24-2)16-7-4-5-10-19(16)27-21(17)18;2-1(3)4/h4-10H,11-14H2,1-3H3,(H,24,32)(H,25,27)(H,26,30);(H,2,3,4). The average molecular weight is 517 g/mol. The largest absolute Gasteiger partial charge is 0.464 e. The summed E-state index contributed by atoms with van der Waals surface area (Å²) in [5.74, 6) is -0.648. The Morgan fingerprint density at radius 1 is 1.17 bits per heavy atom. The maximum atomic E-state index is 12.8. The second-order valence-corrected chi connectivity index (χ2v) is 7.83. The zero-order chi connectivity index (χ0) is 26.7. The molecule has 0 spiro atoms. The summed E-state index contributed by atoms with van der Waals surface area (Å²) in [7, 11) is 3.73. The maximum Gasteiger partial charge on any atom is 0.302 e. The number of ether oxygens (including phenoxy) is 1. The predicted molar refractivity (Wildman–Crippen MR) is 140 cm³/mol. The van der Waals surface area contributed by atoms with Gasteiger partial charge in [-0.2, -0.15) is 0 Å². The lowest BCUT2D eigenvalue weighted by Gasteiger charge is -2.21. The number of carbonyl (C=O) groups excluding carboxylic acids is 2. The van der Waals surface area contributed by atoms with Crippen molar-refractivity contribution in [2.45, 2.75) is 6.92 Å². The Bertz CT molecular complexity index is 1250. The van der Waals surface area contributed by atoms with Gasteiger partial charge in [0.25, 0.3) is 11.0 Å². The molecule has 2 aromatic carbocycles. The first-order valence-corrected chi connectivity index (χ1v) is 11.3. The first-order chi connectivity index (χ1) is 17.1. The van der Waals surface area contributed by atoms with Crippen LogP contribution in [0.25, 0.3) is 21.8 Å². The van der Waals surface area contributed by atoms with E-state index in [0.717, 1.165) is 22.0 Å². The van der Waals surface area contributed by atoms with Gasteiger partial charge in [-0.05, 0) is 24.4 Å². The van der Waals surface area contributed by atoms with Gasteiger partial charge < -0.3 is 30.8 Å². The molecule has 0 fully saturated rings. The van der Waals surface area contributed by atoms with Crippen molar-refractivity contribution < 1.29 is 24.6 Å². The zero-order valence-corrected chi connectivity index (χ0v) is 20.9. The van der Waals surface area contributed by atoms with E-state index in [-0.39, 0.29) is 25.0 Å². The predicted octanol–water partition coefficient (Wildman–Crippen LogP) is 2.18. The third-order valence-corrected chi connectivity index (χ3v) is 5.47. The molecular formula is C23H28N6O6S. The molecule has 4 N–H and O–H groups in total. The van der Waals surface area contributed by atoms with Crippen molar-refractivity contribution in [1.29, 1.82) is 0 Å². The minimum Gasteiger partial charge on any atom is -0.464 e. The third-order valence-electron chi connectivity index (χ3n) is 4.96. The van der Waals surface area contributed by atoms with Crippen LogP contribution in [0.1, 0.15) is 17.3 Å². The van der Waals surface area contributed by atoms with Crippen molar-refractivity contribution in [2.75, 3.05) is 45.7 Å². The van der Waals surface area contributed by atoms with Gasteiger partial charge in [0.2, 0.25) is 0 Å². The highest BCUT2D eigenvalue weighted by Gasteiger charge is 2.16. The first kappa shape index (κ1) is 28.0. The maximum absolute atomic E-state index is 12.8. The number of nitrogens with one attached hydrogen (secondary N) is 3. The van der Waals surface area contributed by atoms with Crippen LogP contribution in [0.2, 0.25) is 0 Å². The number of hydrogen-bond donors (Lipinski definition) is 4. The monoisotopic (exact) mass is 516 g/mol. The Morgan fingerprint density at radius 3 is 2.50 bits per heavy atom. The Kier molecular flexibility index (Phi) is 10.6. The van der Waals surface area contributed by atoms with Gasteiger partial charge >= 0.3 is 5.97 Å². The lowest BCUT2D eigenvalue weighted by Crippen LogP contribution is -2.37. The molecule has 36 heavy (non-hydrogen) atoms. The van der Waals surface area contributed by atoms with Crippen molar-refractivity contribution in [3.8, 4) is 0 Å². The smallest absolute Gasteiger partial charge is 0.302 e. The van der Waals surface area contributed by atoms with E-state index in [9.17, 15) is 9.59 Å². The van der Waals surface area contributed by atoms with Crippen LogP contribution in [0, 0.1) is 10.1 Å². The van der Waals surface area contributed by atoms with Crippen molar-refractivity contribution >= 4 is 56.7 Å². The number of nitrogens with zero attached hydrogens (tertiary/aromatic N) is 3. The number of fused-ring (bicyclic) bond motifs is 2. The molecule has 3 rings (SSSR count). The number of pyridine rings is 1. The number of hydrogen-bond acceptors (Lipinski definition) is 8. The van der Waals surface area contributed by atoms with Crippen LogP contribution < -0.4 is 16.0 Å². The van der Waals surface area contributed by atoms with Gasteiger partial charge in [0.1, 0.15) is 6.61 Å². The molecule has 0 aliphatic rings. The first-order valence-electron chi connectivity index (χ1n) is 10.9. The third kappa shape index (κ3) is 7.91. The topological polar surface area (TPSA) is 159 Å². The summed E-state index contributed by atoms with van der Waals surface area (Å²) in [6.45, 7) is 3.04. The van der Waals surface area contributed by atoms with Crippen molar-refractivity contribution in [3.05, 3.63) is 58.1 Å². The van der Waals surface area contributed by atoms with Gasteiger partial charge in [0.15, 0.2) is 5.11 Å². The average Bonchev–Trinajstić information content (AvgIpc) is 2.84. The van der Waals surface area contributed by atoms with Crippen LogP contribution in [-0.4, -0.2) is 77.5 Å². The molecule has 192 valence electrons. The van der Waals surface area contributed by atoms with Gasteiger partial charge in [-0.3, -0.25) is 9.59 Å². The SMILES string of the molecule is CNC(=S)N(C)CCNc1c2ccccc2nc2c(C(=O)NCCOC(C)=O)cccc12.O=[N+]([O-])O. The van der Waals surface area contributed by atoms with Crippen LogP contribution in [0.3, 0.4) is 0 Å². The minimum absolute atomic E-state index is 0.122. The summed E-state index contributed by atoms with van der Waals surface area (Å²) in [6, 6.07) is 13.4. The number of thiocarbonyl (C=S) groups is 1. The van der Waals surface area contributed by atoms with Crippen molar-refractivity contribution in [3.63, 3.8) is 0 Å². The molecule has 13 heteroatoms. The Labute approximate surface area is 212 Å². The number of anilines is 1. The fraction of sp³-hybridized carbons (Fsp3) is 0.304. The van der Waals surface area contributed by atoms with E-state index in [1.807, 2.05) is 48.3 Å². The van der Waals surface area contributed by atoms with Gasteiger partial charge in [-0.15, -0.1) is 10.1 Å². The van der Waals surface area contributed by atoms with Crippen molar-refractivity contribution in [2.24, 2.45) is 0 Å². The lowest BCUT2D eigenvalue weighted by atomic mass is 10.0. The second kappa shape index (κ2) is 13.6. The van der Waals surface area contributed by atoms with Crippen LogP contribution in [-0.2, 0) is 9.53 Å². The molecule has 1 heterocycles. The molecule has 0 aliphatic carbocycles. The molecule has 0 atom stereocenters. The zero-order valence-electron chi connectivity index (χ0n) is 20.1. The summed E-state index contributed by atoms with van der Waals surface area (Å²) >= 11 is 5.27. The molecule has 1 amide bonds. The quantitative estimate of drug-likeness (QED) is 0.0868. The van der Waals surface area contributed by atoms with Crippen LogP contribution in [0.15, 0.2) is 42.5 Å². The van der Waals surface area contributed by atoms with Crippen molar-refractivity contribution in [1.82, 2.24) is 20.5 Å². The Morgan fingerprint density at radius 2 is 1.83 bits per heavy atom. The number of likely N-dealkylation sites (N-methyl/N-ethyl adjacent to an activating group) is 1. The fourth-order valence-corrected chi connectivity index (χ4v) is 3.47. The normalized spacial score (nSPS) is 10.1. The number of para-hydroxylation sites is 2. The van der Waals surface area contributed by atoms with Gasteiger partial charge in [0, 0.05) is 44.9 Å². The molecule has 3 aromatic rings. The summed E-state index contributed by atoms with van der Waals surface area (Å²) in [4.78, 5) is 38.8. The molecular weight excluding hydrogens is 488 g/mol. The van der Waals surface area contributed by atoms with E-state index >= 15 is 0 Å². The fourth-order valence-electron chi connectivity index (χ4n) is 3.38. The molecule has 1 aromatic heterocycles. The van der Waals surface area contributed by atoms with Crippen LogP contribution in [0.5, 0.6) is 0 Å². The molecule has 0 radical (unpaired) electrons. The minimum atomic E-state index is -1.50. The number of carbonyl (C=O) groups is 2. The molecule has 0 saturated heterocycles. The Hall–Kier alpha value is -4.26. The van der Waals surface area contributed by atoms with Gasteiger partial charge in [-0.25, -0.2) is 4.98 Å². The van der Waals surface area contributed by atoms with E-state index in [4.69, 9.17) is 37.3 Å². The van der Waals surface area contributed by atoms with E-state index in [2.05, 4.69) is 16.0 Å². The van der Waals surface area contributed by atoms with Crippen LogP contribution in [0.4, 0.5) is 5.69 Å². The highest BCUT2D eigenvalue weighted by atomic mass is 32.1. The summed E-state index contributed by atoms with van der Waals surface area (Å²) in [5.41, 5.74) is 2.79. The van der Waals surface area contributed by atoms with E-state index in [0.29, 0.717) is 29.3 Å². The second-order valence-electron chi connectivity index (χ2n) is 7.44. The number of aromatic nitrogens is 1. The lowest BCUT2D eigenvalue weighted by molar-refractivity contribution is -0.742. The number of rotatable bonds is 8. The van der Waals surface area contributed by atoms with Gasteiger partial charge in [-0.1, -0.05) is 30.3 Å². The van der Waals surface area contributed by atoms with E-state index < -0.39 is 5.09 Å². The summed E-state index contributed by atoms with van der Waals surface area (Å²) < 4.78 is 4.88. The molecule has 0 unspecified atom stereocenters. The number of amides is 1. The summed E-state index contributed by atoms with van der Waals surface area (Å²) in [6.07, 6.45) is 0. The number of esters is 1. The van der Waals surface area contributed by atoms with E-state index in [1.54, 1.807) is 13.1 Å². The Balaban J connectivity index is 0.00000106. The van der Waals surface area contributed by atoms with Gasteiger partial charge in [0.05, 0.1) is 28.8 Å². The highest BCUT2D eigenvalue weighted by Crippen LogP contribution is 2.32.